The van der Waals surface area contributed by atoms with Crippen molar-refractivity contribution >= 4 is 17.1 Å². The molecule has 0 bridgehead atoms. The van der Waals surface area contributed by atoms with Crippen molar-refractivity contribution < 1.29 is 0 Å². The number of benzene rings is 9. The van der Waals surface area contributed by atoms with Gasteiger partial charge in [-0.3, -0.25) is 0 Å². The zero-order chi connectivity index (χ0) is 39.3. The normalized spacial score (nSPS) is 15.8. The Morgan fingerprint density at radius 1 is 0.305 bits per heavy atom. The summed E-state index contributed by atoms with van der Waals surface area (Å²) in [5.41, 5.74) is 23.7. The molecule has 1 atom stereocenters. The van der Waals surface area contributed by atoms with Crippen molar-refractivity contribution in [3.63, 3.8) is 0 Å². The van der Waals surface area contributed by atoms with Crippen molar-refractivity contribution in [2.45, 2.75) is 24.7 Å². The average Bonchev–Trinajstić information content (AvgIpc) is 3.86. The van der Waals surface area contributed by atoms with Crippen LogP contribution in [0.15, 0.2) is 212 Å². The quantitative estimate of drug-likeness (QED) is 0.169. The molecule has 1 nitrogen and oxygen atoms in total. The number of hydrogen-bond donors (Lipinski definition) is 0. The van der Waals surface area contributed by atoms with E-state index in [-0.39, 0.29) is 5.41 Å². The van der Waals surface area contributed by atoms with Gasteiger partial charge < -0.3 is 4.90 Å². The van der Waals surface area contributed by atoms with Crippen LogP contribution in [0.2, 0.25) is 0 Å². The fourth-order valence-electron chi connectivity index (χ4n) is 10.9. The lowest BCUT2D eigenvalue weighted by Gasteiger charge is -2.32. The maximum atomic E-state index is 2.52. The lowest BCUT2D eigenvalue weighted by Crippen LogP contribution is -2.26. The zero-order valence-corrected chi connectivity index (χ0v) is 33.2. The van der Waals surface area contributed by atoms with Crippen molar-refractivity contribution in [3.05, 3.63) is 246 Å². The van der Waals surface area contributed by atoms with Gasteiger partial charge in [-0.15, -0.1) is 0 Å². The topological polar surface area (TPSA) is 3.24 Å². The van der Waals surface area contributed by atoms with E-state index in [0.717, 1.165) is 11.4 Å². The molecule has 1 heteroatoms. The molecular weight excluding hydrogens is 711 g/mol. The van der Waals surface area contributed by atoms with Crippen molar-refractivity contribution in [3.8, 4) is 55.6 Å². The molecule has 59 heavy (non-hydrogen) atoms. The Bertz CT molecular complexity index is 3120. The number of nitrogens with zero attached hydrogens (tertiary/aromatic N) is 1. The van der Waals surface area contributed by atoms with E-state index in [1.54, 1.807) is 0 Å². The van der Waals surface area contributed by atoms with Crippen LogP contribution in [0.3, 0.4) is 0 Å². The van der Waals surface area contributed by atoms with E-state index in [9.17, 15) is 0 Å². The number of anilines is 3. The summed E-state index contributed by atoms with van der Waals surface area (Å²) < 4.78 is 0. The molecule has 0 saturated heterocycles. The number of hydrogen-bond acceptors (Lipinski definition) is 1. The summed E-state index contributed by atoms with van der Waals surface area (Å²) in [5.74, 6) is 0. The van der Waals surface area contributed by atoms with Gasteiger partial charge in [0.15, 0.2) is 0 Å². The minimum absolute atomic E-state index is 0.131. The van der Waals surface area contributed by atoms with Gasteiger partial charge in [-0.25, -0.2) is 0 Å². The van der Waals surface area contributed by atoms with Gasteiger partial charge >= 0.3 is 0 Å². The van der Waals surface area contributed by atoms with Crippen LogP contribution in [0.5, 0.6) is 0 Å². The Labute approximate surface area is 346 Å². The Kier molecular flexibility index (Phi) is 7.26. The van der Waals surface area contributed by atoms with Crippen molar-refractivity contribution in [2.75, 3.05) is 4.90 Å². The van der Waals surface area contributed by atoms with Crippen LogP contribution in [0.25, 0.3) is 55.6 Å². The standard InChI is InChI=1S/C58H41N/c1-57(2)49-23-12-9-20-44(49)46-35-33-43(37-53(46)57)59(42-31-28-40(29-32-42)38-16-5-3-6-17-38)55-27-15-26-52-56(55)48-22-11-14-25-51(48)58(52)50-24-13-10-21-45(50)47-34-30-41(36-54(47)58)39-18-7-4-8-19-39/h3-37H,1-2H3. The molecule has 12 rings (SSSR count). The summed E-state index contributed by atoms with van der Waals surface area (Å²) in [6, 6.07) is 79.2. The highest BCUT2D eigenvalue weighted by molar-refractivity contribution is 6.02. The summed E-state index contributed by atoms with van der Waals surface area (Å²) in [6.45, 7) is 4.75. The molecule has 0 heterocycles. The van der Waals surface area contributed by atoms with Crippen LogP contribution in [-0.4, -0.2) is 0 Å². The molecule has 3 aliphatic carbocycles. The van der Waals surface area contributed by atoms with E-state index in [1.807, 2.05) is 0 Å². The molecule has 0 radical (unpaired) electrons. The maximum Gasteiger partial charge on any atom is 0.0726 e. The molecular formula is C58H41N. The number of rotatable bonds is 5. The van der Waals surface area contributed by atoms with Crippen molar-refractivity contribution in [1.82, 2.24) is 0 Å². The third-order valence-corrected chi connectivity index (χ3v) is 13.5. The van der Waals surface area contributed by atoms with Gasteiger partial charge in [-0.05, 0) is 120 Å². The molecule has 0 saturated carbocycles. The van der Waals surface area contributed by atoms with Gasteiger partial charge in [-0.2, -0.15) is 0 Å². The second kappa shape index (κ2) is 12.6. The molecule has 9 aromatic carbocycles. The highest BCUT2D eigenvalue weighted by Gasteiger charge is 2.52. The monoisotopic (exact) mass is 751 g/mol. The summed E-state index contributed by atoms with van der Waals surface area (Å²) in [4.78, 5) is 2.52. The Morgan fingerprint density at radius 2 is 0.780 bits per heavy atom. The third-order valence-electron chi connectivity index (χ3n) is 13.5. The molecule has 0 fully saturated rings. The SMILES string of the molecule is CC1(C)c2ccccc2-c2ccc(N(c3ccc(-c4ccccc4)cc3)c3cccc4c3-c3ccccc3C43c4ccccc4-c4ccc(-c5ccccc5)cc43)cc21. The van der Waals surface area contributed by atoms with Crippen LogP contribution in [0.1, 0.15) is 47.2 Å². The minimum atomic E-state index is -0.483. The van der Waals surface area contributed by atoms with Crippen LogP contribution in [0, 0.1) is 0 Å². The molecule has 0 N–H and O–H groups in total. The molecule has 1 spiro atoms. The van der Waals surface area contributed by atoms with Crippen LogP contribution in [-0.2, 0) is 10.8 Å². The maximum absolute atomic E-state index is 2.52. The van der Waals surface area contributed by atoms with E-state index in [2.05, 4.69) is 231 Å². The van der Waals surface area contributed by atoms with Gasteiger partial charge in [0.2, 0.25) is 0 Å². The molecule has 0 aromatic heterocycles. The van der Waals surface area contributed by atoms with Gasteiger partial charge in [0.25, 0.3) is 0 Å². The Morgan fingerprint density at radius 3 is 1.49 bits per heavy atom. The molecule has 1 unspecified atom stereocenters. The second-order valence-corrected chi connectivity index (χ2v) is 16.8. The fourth-order valence-corrected chi connectivity index (χ4v) is 10.9. The summed E-state index contributed by atoms with van der Waals surface area (Å²) in [6.07, 6.45) is 0. The lowest BCUT2D eigenvalue weighted by molar-refractivity contribution is 0.660. The van der Waals surface area contributed by atoms with Crippen LogP contribution in [0.4, 0.5) is 17.1 Å². The Balaban J connectivity index is 1.12. The molecule has 9 aromatic rings. The first-order valence-electron chi connectivity index (χ1n) is 20.8. The van der Waals surface area contributed by atoms with E-state index in [1.165, 1.54) is 94.7 Å². The van der Waals surface area contributed by atoms with E-state index in [4.69, 9.17) is 0 Å². The first-order chi connectivity index (χ1) is 29.0. The average molecular weight is 752 g/mol. The highest BCUT2D eigenvalue weighted by atomic mass is 15.1. The zero-order valence-electron chi connectivity index (χ0n) is 33.2. The third kappa shape index (κ3) is 4.73. The lowest BCUT2D eigenvalue weighted by atomic mass is 9.70. The summed E-state index contributed by atoms with van der Waals surface area (Å²) in [7, 11) is 0. The summed E-state index contributed by atoms with van der Waals surface area (Å²) >= 11 is 0. The predicted molar refractivity (Wildman–Crippen MR) is 246 cm³/mol. The molecule has 0 amide bonds. The van der Waals surface area contributed by atoms with Crippen LogP contribution >= 0.6 is 0 Å². The molecule has 3 aliphatic rings. The first kappa shape index (κ1) is 33.9. The second-order valence-electron chi connectivity index (χ2n) is 16.8. The van der Waals surface area contributed by atoms with Gasteiger partial charge in [-0.1, -0.05) is 190 Å². The smallest absolute Gasteiger partial charge is 0.0726 e. The van der Waals surface area contributed by atoms with Crippen molar-refractivity contribution in [2.24, 2.45) is 0 Å². The molecule has 0 aliphatic heterocycles. The first-order valence-corrected chi connectivity index (χ1v) is 20.8. The van der Waals surface area contributed by atoms with Gasteiger partial charge in [0, 0.05) is 22.4 Å². The Hall–Kier alpha value is -7.22. The minimum Gasteiger partial charge on any atom is -0.310 e. The fraction of sp³-hybridized carbons (Fsp3) is 0.0690. The van der Waals surface area contributed by atoms with Crippen LogP contribution < -0.4 is 4.90 Å². The van der Waals surface area contributed by atoms with Crippen molar-refractivity contribution in [1.29, 1.82) is 0 Å². The number of fused-ring (bicyclic) bond motifs is 13. The van der Waals surface area contributed by atoms with Gasteiger partial charge in [0.05, 0.1) is 11.1 Å². The summed E-state index contributed by atoms with van der Waals surface area (Å²) in [5, 5.41) is 0. The largest absolute Gasteiger partial charge is 0.310 e. The van der Waals surface area contributed by atoms with Gasteiger partial charge in [0.1, 0.15) is 0 Å². The van der Waals surface area contributed by atoms with E-state index >= 15 is 0 Å². The highest BCUT2D eigenvalue weighted by Crippen LogP contribution is 2.65. The predicted octanol–water partition coefficient (Wildman–Crippen LogP) is 15.1. The van der Waals surface area contributed by atoms with E-state index < -0.39 is 5.41 Å². The molecule has 278 valence electrons. The van der Waals surface area contributed by atoms with E-state index in [0.29, 0.717) is 0 Å².